The topological polar surface area (TPSA) is 70.9 Å². The first-order chi connectivity index (χ1) is 8.72. The van der Waals surface area contributed by atoms with Gasteiger partial charge in [-0.1, -0.05) is 27.7 Å². The molecule has 0 saturated carbocycles. The number of hydrazine groups is 1. The molecule has 0 unspecified atom stereocenters. The Bertz CT molecular complexity index is 489. The van der Waals surface area contributed by atoms with Crippen LogP contribution in [0.4, 0.5) is 0 Å². The normalized spacial score (nSPS) is 8.78. The second kappa shape index (κ2) is 8.31. The van der Waals surface area contributed by atoms with Gasteiger partial charge in [0.25, 0.3) is 5.91 Å². The maximum absolute atomic E-state index is 11.2. The van der Waals surface area contributed by atoms with Crippen LogP contribution >= 0.6 is 0 Å². The summed E-state index contributed by atoms with van der Waals surface area (Å²) in [5, 5.41) is 1.05. The summed E-state index contributed by atoms with van der Waals surface area (Å²) in [5.74, 6) is 4.78. The number of carbonyl (C=O) groups excluding carboxylic acids is 1. The first-order valence-electron chi connectivity index (χ1n) is 6.31. The quantitative estimate of drug-likeness (QED) is 0.413. The maximum Gasteiger partial charge on any atom is 0.265 e. The van der Waals surface area contributed by atoms with E-state index >= 15 is 0 Å². The molecule has 0 saturated heterocycles. The number of rotatable bonds is 1. The zero-order chi connectivity index (χ0) is 14.1. The second-order valence-electron chi connectivity index (χ2n) is 3.21. The van der Waals surface area contributed by atoms with E-state index in [1.165, 1.54) is 0 Å². The highest BCUT2D eigenvalue weighted by molar-refractivity contribution is 5.98. The summed E-state index contributed by atoms with van der Waals surface area (Å²) < 4.78 is 0. The second-order valence-corrected chi connectivity index (χ2v) is 3.21. The molecule has 0 atom stereocenters. The third-order valence-corrected chi connectivity index (χ3v) is 2.28. The number of carbonyl (C=O) groups is 1. The molecule has 4 nitrogen and oxygen atoms in total. The molecule has 4 heteroatoms. The van der Waals surface area contributed by atoms with E-state index in [9.17, 15) is 4.79 Å². The summed E-state index contributed by atoms with van der Waals surface area (Å²) in [6.45, 7) is 9.99. The Hall–Kier alpha value is -1.81. The van der Waals surface area contributed by atoms with Gasteiger partial charge in [-0.2, -0.15) is 0 Å². The van der Waals surface area contributed by atoms with E-state index in [0.29, 0.717) is 5.56 Å². The van der Waals surface area contributed by atoms with Crippen LogP contribution in [0.2, 0.25) is 0 Å². The van der Waals surface area contributed by atoms with Gasteiger partial charge < -0.3 is 4.98 Å². The number of H-pyrrole nitrogens is 1. The van der Waals surface area contributed by atoms with Gasteiger partial charge in [0.1, 0.15) is 0 Å². The minimum Gasteiger partial charge on any atom is -0.361 e. The zero-order valence-electron chi connectivity index (χ0n) is 11.8. The summed E-state index contributed by atoms with van der Waals surface area (Å²) in [5.41, 5.74) is 4.82. The predicted octanol–water partition coefficient (Wildman–Crippen LogP) is 3.13. The van der Waals surface area contributed by atoms with Gasteiger partial charge in [-0.15, -0.1) is 0 Å². The molecule has 2 aromatic rings. The third kappa shape index (κ3) is 3.60. The lowest BCUT2D eigenvalue weighted by atomic mass is 10.1. The summed E-state index contributed by atoms with van der Waals surface area (Å²) in [6, 6.07) is 5.43. The van der Waals surface area contributed by atoms with Crippen LogP contribution in [-0.4, -0.2) is 10.9 Å². The van der Waals surface area contributed by atoms with E-state index in [2.05, 4.69) is 10.4 Å². The standard InChI is InChI=1S/C10H11N3O.2C2H6/c1-6-5-12-9-3-2-7(4-8(6)9)10(14)13-11;2*1-2/h2-5,12H,11H2,1H3,(H,13,14);2*1-2H3. The van der Waals surface area contributed by atoms with Crippen molar-refractivity contribution in [2.24, 2.45) is 5.84 Å². The van der Waals surface area contributed by atoms with Crippen LogP contribution in [0.15, 0.2) is 24.4 Å². The van der Waals surface area contributed by atoms with E-state index in [1.807, 2.05) is 52.9 Å². The van der Waals surface area contributed by atoms with Crippen molar-refractivity contribution in [3.63, 3.8) is 0 Å². The number of hydrogen-bond acceptors (Lipinski definition) is 2. The highest BCUT2D eigenvalue weighted by Crippen LogP contribution is 2.18. The molecule has 0 spiro atoms. The third-order valence-electron chi connectivity index (χ3n) is 2.28. The van der Waals surface area contributed by atoms with Crippen molar-refractivity contribution in [1.82, 2.24) is 10.4 Å². The Morgan fingerprint density at radius 3 is 2.39 bits per heavy atom. The average molecular weight is 249 g/mol. The monoisotopic (exact) mass is 249 g/mol. The molecule has 0 aliphatic rings. The molecule has 0 aliphatic heterocycles. The first kappa shape index (κ1) is 16.2. The molecular weight excluding hydrogens is 226 g/mol. The van der Waals surface area contributed by atoms with Gasteiger partial charge in [0, 0.05) is 22.7 Å². The van der Waals surface area contributed by atoms with Crippen LogP contribution in [0.3, 0.4) is 0 Å². The van der Waals surface area contributed by atoms with Crippen molar-refractivity contribution in [2.75, 3.05) is 0 Å². The summed E-state index contributed by atoms with van der Waals surface area (Å²) in [7, 11) is 0. The smallest absolute Gasteiger partial charge is 0.265 e. The van der Waals surface area contributed by atoms with Gasteiger partial charge in [0.15, 0.2) is 0 Å². The molecule has 0 bridgehead atoms. The van der Waals surface area contributed by atoms with E-state index in [-0.39, 0.29) is 5.91 Å². The number of benzene rings is 1. The van der Waals surface area contributed by atoms with E-state index in [1.54, 1.807) is 6.07 Å². The van der Waals surface area contributed by atoms with E-state index in [4.69, 9.17) is 5.84 Å². The Morgan fingerprint density at radius 1 is 1.22 bits per heavy atom. The minimum atomic E-state index is -0.271. The number of amides is 1. The number of hydrogen-bond donors (Lipinski definition) is 3. The fraction of sp³-hybridized carbons (Fsp3) is 0.357. The van der Waals surface area contributed by atoms with Gasteiger partial charge >= 0.3 is 0 Å². The molecule has 0 radical (unpaired) electrons. The van der Waals surface area contributed by atoms with Crippen molar-refractivity contribution < 1.29 is 4.79 Å². The Morgan fingerprint density at radius 2 is 1.83 bits per heavy atom. The highest BCUT2D eigenvalue weighted by Gasteiger charge is 2.05. The van der Waals surface area contributed by atoms with Crippen LogP contribution < -0.4 is 11.3 Å². The number of aryl methyl sites for hydroxylation is 1. The van der Waals surface area contributed by atoms with Gasteiger partial charge in [0.2, 0.25) is 0 Å². The van der Waals surface area contributed by atoms with Crippen molar-refractivity contribution in [3.05, 3.63) is 35.5 Å². The van der Waals surface area contributed by atoms with Crippen LogP contribution in [0, 0.1) is 6.92 Å². The molecule has 2 rings (SSSR count). The van der Waals surface area contributed by atoms with Gasteiger partial charge in [0.05, 0.1) is 0 Å². The SMILES string of the molecule is CC.CC.Cc1c[nH]c2ccc(C(=O)NN)cc12. The Balaban J connectivity index is 0.000000659. The predicted molar refractivity (Wildman–Crippen MR) is 77.4 cm³/mol. The molecule has 1 heterocycles. The number of fused-ring (bicyclic) bond motifs is 1. The van der Waals surface area contributed by atoms with Gasteiger partial charge in [-0.25, -0.2) is 5.84 Å². The lowest BCUT2D eigenvalue weighted by Crippen LogP contribution is -2.29. The molecule has 18 heavy (non-hydrogen) atoms. The van der Waals surface area contributed by atoms with Crippen molar-refractivity contribution in [1.29, 1.82) is 0 Å². The van der Waals surface area contributed by atoms with Crippen LogP contribution in [0.1, 0.15) is 43.6 Å². The first-order valence-corrected chi connectivity index (χ1v) is 6.31. The number of aromatic nitrogens is 1. The van der Waals surface area contributed by atoms with E-state index in [0.717, 1.165) is 16.5 Å². The number of nitrogen functional groups attached to an aromatic ring is 1. The number of nitrogens with two attached hydrogens (primary N) is 1. The van der Waals surface area contributed by atoms with Crippen molar-refractivity contribution in [3.8, 4) is 0 Å². The lowest BCUT2D eigenvalue weighted by molar-refractivity contribution is 0.0954. The summed E-state index contributed by atoms with van der Waals surface area (Å²) in [6.07, 6.45) is 1.91. The molecule has 0 fully saturated rings. The lowest BCUT2D eigenvalue weighted by Gasteiger charge is -1.99. The molecule has 4 N–H and O–H groups in total. The van der Waals surface area contributed by atoms with E-state index < -0.39 is 0 Å². The average Bonchev–Trinajstić information content (AvgIpc) is 2.83. The Kier molecular flexibility index (Phi) is 7.47. The molecule has 100 valence electrons. The zero-order valence-corrected chi connectivity index (χ0v) is 11.8. The largest absolute Gasteiger partial charge is 0.361 e. The fourth-order valence-corrected chi connectivity index (χ4v) is 1.48. The fourth-order valence-electron chi connectivity index (χ4n) is 1.48. The van der Waals surface area contributed by atoms with Gasteiger partial charge in [-0.05, 0) is 30.7 Å². The van der Waals surface area contributed by atoms with Crippen molar-refractivity contribution >= 4 is 16.8 Å². The van der Waals surface area contributed by atoms with Crippen LogP contribution in [0.25, 0.3) is 10.9 Å². The minimum absolute atomic E-state index is 0.271. The Labute approximate surface area is 109 Å². The van der Waals surface area contributed by atoms with Crippen molar-refractivity contribution in [2.45, 2.75) is 34.6 Å². The van der Waals surface area contributed by atoms with Gasteiger partial charge in [-0.3, -0.25) is 10.2 Å². The molecular formula is C14H23N3O. The number of nitrogens with one attached hydrogen (secondary N) is 2. The van der Waals surface area contributed by atoms with Crippen LogP contribution in [0.5, 0.6) is 0 Å². The van der Waals surface area contributed by atoms with Crippen LogP contribution in [-0.2, 0) is 0 Å². The summed E-state index contributed by atoms with van der Waals surface area (Å²) >= 11 is 0. The molecule has 1 aromatic carbocycles. The number of aromatic amines is 1. The highest BCUT2D eigenvalue weighted by atomic mass is 16.2. The summed E-state index contributed by atoms with van der Waals surface area (Å²) in [4.78, 5) is 14.4. The molecule has 1 amide bonds. The maximum atomic E-state index is 11.2. The molecule has 0 aliphatic carbocycles. The molecule has 1 aromatic heterocycles.